The summed E-state index contributed by atoms with van der Waals surface area (Å²) in [5.74, 6) is 0.718. The van der Waals surface area contributed by atoms with Gasteiger partial charge >= 0.3 is 0 Å². The first-order chi connectivity index (χ1) is 13.6. The van der Waals surface area contributed by atoms with Crippen LogP contribution in [0.1, 0.15) is 42.1 Å². The van der Waals surface area contributed by atoms with Crippen LogP contribution in [0.3, 0.4) is 0 Å². The number of carbonyl (C=O) groups excluding carboxylic acids is 1. The van der Waals surface area contributed by atoms with Gasteiger partial charge in [-0.25, -0.2) is 9.97 Å². The van der Waals surface area contributed by atoms with Crippen molar-refractivity contribution in [2.24, 2.45) is 5.41 Å². The van der Waals surface area contributed by atoms with Gasteiger partial charge in [-0.15, -0.1) is 0 Å². The molecular formula is C21H27N5O2. The van der Waals surface area contributed by atoms with Crippen molar-refractivity contribution in [3.63, 3.8) is 0 Å². The minimum Gasteiger partial charge on any atom is -0.392 e. The first-order valence-electron chi connectivity index (χ1n) is 10.0. The zero-order valence-corrected chi connectivity index (χ0v) is 16.3. The number of anilines is 1. The van der Waals surface area contributed by atoms with Gasteiger partial charge in [0.15, 0.2) is 0 Å². The lowest BCUT2D eigenvalue weighted by Crippen LogP contribution is -2.60. The van der Waals surface area contributed by atoms with Crippen LogP contribution in [0.2, 0.25) is 0 Å². The number of rotatable bonds is 3. The molecule has 2 aromatic heterocycles. The topological polar surface area (TPSA) is 82.5 Å². The summed E-state index contributed by atoms with van der Waals surface area (Å²) in [5, 5.41) is 10.9. The van der Waals surface area contributed by atoms with Gasteiger partial charge in [0.05, 0.1) is 6.10 Å². The van der Waals surface area contributed by atoms with E-state index in [1.165, 1.54) is 0 Å². The van der Waals surface area contributed by atoms with Crippen LogP contribution in [0.15, 0.2) is 36.9 Å². The summed E-state index contributed by atoms with van der Waals surface area (Å²) in [6.07, 6.45) is 9.97. The summed E-state index contributed by atoms with van der Waals surface area (Å²) in [7, 11) is 0. The maximum Gasteiger partial charge on any atom is 0.253 e. The molecule has 1 amide bonds. The Bertz CT molecular complexity index is 813. The Morgan fingerprint density at radius 2 is 1.96 bits per heavy atom. The van der Waals surface area contributed by atoms with Crippen molar-refractivity contribution in [3.8, 4) is 0 Å². The van der Waals surface area contributed by atoms with Crippen LogP contribution in [0, 0.1) is 5.41 Å². The summed E-state index contributed by atoms with van der Waals surface area (Å²) in [6, 6.07) is 3.49. The fourth-order valence-electron chi connectivity index (χ4n) is 4.43. The number of likely N-dealkylation sites (tertiary alicyclic amines) is 1. The average Bonchev–Trinajstić information content (AvgIpc) is 2.76. The van der Waals surface area contributed by atoms with Crippen LogP contribution in [0.5, 0.6) is 0 Å². The summed E-state index contributed by atoms with van der Waals surface area (Å²) in [4.78, 5) is 30.0. The van der Waals surface area contributed by atoms with Crippen LogP contribution in [-0.4, -0.2) is 63.1 Å². The van der Waals surface area contributed by atoms with E-state index in [-0.39, 0.29) is 11.3 Å². The van der Waals surface area contributed by atoms with Gasteiger partial charge in [0, 0.05) is 61.9 Å². The summed E-state index contributed by atoms with van der Waals surface area (Å²) in [5.41, 5.74) is 1.42. The molecule has 1 N–H and O–H groups in total. The third-order valence-electron chi connectivity index (χ3n) is 6.09. The molecule has 4 heterocycles. The molecule has 2 aliphatic rings. The molecule has 4 rings (SSSR count). The van der Waals surface area contributed by atoms with Gasteiger partial charge in [0.1, 0.15) is 0 Å². The van der Waals surface area contributed by atoms with Crippen LogP contribution in [0.4, 0.5) is 5.95 Å². The number of hydrogen-bond acceptors (Lipinski definition) is 6. The van der Waals surface area contributed by atoms with Crippen molar-refractivity contribution in [2.75, 3.05) is 31.1 Å². The molecule has 0 radical (unpaired) electrons. The van der Waals surface area contributed by atoms with Crippen molar-refractivity contribution in [1.29, 1.82) is 0 Å². The molecule has 1 spiro atoms. The molecule has 2 fully saturated rings. The number of aryl methyl sites for hydroxylation is 1. The van der Waals surface area contributed by atoms with Gasteiger partial charge in [0.2, 0.25) is 5.95 Å². The molecule has 28 heavy (non-hydrogen) atoms. The van der Waals surface area contributed by atoms with E-state index in [4.69, 9.17) is 0 Å². The molecule has 2 aromatic rings. The van der Waals surface area contributed by atoms with E-state index < -0.39 is 6.10 Å². The molecule has 0 bridgehead atoms. The predicted octanol–water partition coefficient (Wildman–Crippen LogP) is 1.93. The monoisotopic (exact) mass is 381 g/mol. The predicted molar refractivity (Wildman–Crippen MR) is 106 cm³/mol. The number of aromatic nitrogens is 3. The number of piperidine rings is 2. The lowest BCUT2D eigenvalue weighted by Gasteiger charge is -2.51. The Morgan fingerprint density at radius 3 is 2.68 bits per heavy atom. The summed E-state index contributed by atoms with van der Waals surface area (Å²) in [6.45, 7) is 4.75. The van der Waals surface area contributed by atoms with Gasteiger partial charge < -0.3 is 14.9 Å². The normalized spacial score (nSPS) is 25.1. The average molecular weight is 381 g/mol. The summed E-state index contributed by atoms with van der Waals surface area (Å²) >= 11 is 0. The van der Waals surface area contributed by atoms with E-state index in [0.29, 0.717) is 31.0 Å². The lowest BCUT2D eigenvalue weighted by molar-refractivity contribution is -0.0363. The van der Waals surface area contributed by atoms with Crippen LogP contribution >= 0.6 is 0 Å². The zero-order chi connectivity index (χ0) is 19.6. The molecule has 7 heteroatoms. The van der Waals surface area contributed by atoms with Crippen molar-refractivity contribution < 1.29 is 9.90 Å². The zero-order valence-electron chi connectivity index (χ0n) is 16.3. The largest absolute Gasteiger partial charge is 0.392 e. The molecule has 2 saturated heterocycles. The molecule has 0 aromatic carbocycles. The highest BCUT2D eigenvalue weighted by molar-refractivity contribution is 5.94. The number of aliphatic hydroxyl groups excluding tert-OH is 1. The number of hydrogen-bond donors (Lipinski definition) is 1. The molecule has 0 aliphatic carbocycles. The second-order valence-electron chi connectivity index (χ2n) is 7.90. The molecule has 148 valence electrons. The number of pyridine rings is 1. The Labute approximate surface area is 165 Å². The van der Waals surface area contributed by atoms with Crippen molar-refractivity contribution in [2.45, 2.75) is 38.7 Å². The maximum absolute atomic E-state index is 12.9. The number of aliphatic hydroxyl groups is 1. The van der Waals surface area contributed by atoms with Gasteiger partial charge in [-0.2, -0.15) is 0 Å². The Hall–Kier alpha value is -2.54. The third kappa shape index (κ3) is 3.58. The number of carbonyl (C=O) groups is 1. The van der Waals surface area contributed by atoms with Gasteiger partial charge in [-0.05, 0) is 43.4 Å². The first kappa shape index (κ1) is 18.8. The van der Waals surface area contributed by atoms with Gasteiger partial charge in [-0.3, -0.25) is 9.78 Å². The fraction of sp³-hybridized carbons (Fsp3) is 0.524. The van der Waals surface area contributed by atoms with E-state index in [1.807, 2.05) is 17.3 Å². The molecule has 0 unspecified atom stereocenters. The third-order valence-corrected chi connectivity index (χ3v) is 6.09. The van der Waals surface area contributed by atoms with Crippen LogP contribution < -0.4 is 4.90 Å². The molecule has 2 atom stereocenters. The van der Waals surface area contributed by atoms with E-state index in [1.54, 1.807) is 24.5 Å². The highest BCUT2D eigenvalue weighted by Crippen LogP contribution is 2.40. The van der Waals surface area contributed by atoms with E-state index in [9.17, 15) is 9.90 Å². The Balaban J connectivity index is 1.53. The minimum absolute atomic E-state index is 0.00865. The molecule has 7 nitrogen and oxygen atoms in total. The SMILES string of the molecule is CCc1cnc(N2CC[C@@H](O)[C@]3(CCCN(C(=O)c4ccncc4)C3)C2)nc1. The number of amides is 1. The Morgan fingerprint density at radius 1 is 1.21 bits per heavy atom. The number of nitrogens with zero attached hydrogens (tertiary/aromatic N) is 5. The van der Waals surface area contributed by atoms with E-state index >= 15 is 0 Å². The van der Waals surface area contributed by atoms with Crippen molar-refractivity contribution >= 4 is 11.9 Å². The summed E-state index contributed by atoms with van der Waals surface area (Å²) < 4.78 is 0. The molecular weight excluding hydrogens is 354 g/mol. The quantitative estimate of drug-likeness (QED) is 0.875. The van der Waals surface area contributed by atoms with Crippen molar-refractivity contribution in [1.82, 2.24) is 19.9 Å². The molecule has 2 aliphatic heterocycles. The molecule has 0 saturated carbocycles. The van der Waals surface area contributed by atoms with Gasteiger partial charge in [0.25, 0.3) is 5.91 Å². The van der Waals surface area contributed by atoms with Crippen LogP contribution in [0.25, 0.3) is 0 Å². The highest BCUT2D eigenvalue weighted by atomic mass is 16.3. The Kier molecular flexibility index (Phi) is 5.26. The minimum atomic E-state index is -0.424. The van der Waals surface area contributed by atoms with Crippen molar-refractivity contribution in [3.05, 3.63) is 48.0 Å². The maximum atomic E-state index is 12.9. The highest BCUT2D eigenvalue weighted by Gasteiger charge is 2.47. The standard InChI is InChI=1S/C21H27N5O2/c1-2-16-12-23-20(24-13-16)26-11-6-18(27)21(15-26)7-3-10-25(14-21)19(28)17-4-8-22-9-5-17/h4-5,8-9,12-13,18,27H,2-3,6-7,10-11,14-15H2,1H3/t18-,21+/m1/s1. The second kappa shape index (κ2) is 7.83. The lowest BCUT2D eigenvalue weighted by atomic mass is 9.71. The van der Waals surface area contributed by atoms with E-state index in [2.05, 4.69) is 26.8 Å². The second-order valence-corrected chi connectivity index (χ2v) is 7.90. The fourth-order valence-corrected chi connectivity index (χ4v) is 4.43. The van der Waals surface area contributed by atoms with Crippen LogP contribution in [-0.2, 0) is 6.42 Å². The van der Waals surface area contributed by atoms with E-state index in [0.717, 1.165) is 37.9 Å². The first-order valence-corrected chi connectivity index (χ1v) is 10.0. The van der Waals surface area contributed by atoms with Gasteiger partial charge in [-0.1, -0.05) is 6.92 Å². The smallest absolute Gasteiger partial charge is 0.253 e.